The molecule has 0 saturated carbocycles. The quantitative estimate of drug-likeness (QED) is 0.464. The van der Waals surface area contributed by atoms with E-state index in [-0.39, 0.29) is 11.5 Å². The number of aliphatic hydroxyl groups is 3. The van der Waals surface area contributed by atoms with E-state index in [9.17, 15) is 28.2 Å². The first kappa shape index (κ1) is 15.7. The smallest absolute Gasteiger partial charge is 0.387 e. The molecule has 1 amide bonds. The molecule has 8 nitrogen and oxygen atoms in total. The first-order valence-electron chi connectivity index (χ1n) is 5.74. The molecule has 1 unspecified atom stereocenters. The van der Waals surface area contributed by atoms with Crippen molar-refractivity contribution < 1.29 is 38.0 Å². The van der Waals surface area contributed by atoms with Crippen LogP contribution in [0.25, 0.3) is 0 Å². The molecular weight excluding hydrogens is 299 g/mol. The zero-order chi connectivity index (χ0) is 15.9. The van der Waals surface area contributed by atoms with Crippen molar-refractivity contribution in [3.05, 3.63) is 17.7 Å². The fourth-order valence-electron chi connectivity index (χ4n) is 1.99. The first-order chi connectivity index (χ1) is 9.62. The Labute approximate surface area is 115 Å². The van der Waals surface area contributed by atoms with E-state index in [4.69, 9.17) is 15.6 Å². The summed E-state index contributed by atoms with van der Waals surface area (Å²) in [6.07, 6.45) is -14.2. The normalized spacial score (nSPS) is 31.3. The number of nitrogens with one attached hydrogen (secondary N) is 1. The molecule has 5 atom stereocenters. The summed E-state index contributed by atoms with van der Waals surface area (Å²) in [5.74, 6) is -1.08. The Morgan fingerprint density at radius 3 is 2.52 bits per heavy atom. The van der Waals surface area contributed by atoms with E-state index in [0.717, 1.165) is 6.20 Å². The summed E-state index contributed by atoms with van der Waals surface area (Å²) in [7, 11) is 0. The molecule has 11 heteroatoms. The Morgan fingerprint density at radius 1 is 1.43 bits per heavy atom. The lowest BCUT2D eigenvalue weighted by molar-refractivity contribution is -0.242. The summed E-state index contributed by atoms with van der Waals surface area (Å²) < 4.78 is 42.1. The summed E-state index contributed by atoms with van der Waals surface area (Å²) in [5.41, 5.74) is 4.74. The highest BCUT2D eigenvalue weighted by Crippen LogP contribution is 2.37. The van der Waals surface area contributed by atoms with Crippen molar-refractivity contribution in [3.8, 4) is 0 Å². The molecule has 0 aliphatic carbocycles. The van der Waals surface area contributed by atoms with Gasteiger partial charge in [-0.25, -0.2) is 4.98 Å². The van der Waals surface area contributed by atoms with Gasteiger partial charge < -0.3 is 30.8 Å². The summed E-state index contributed by atoms with van der Waals surface area (Å²) in [6.45, 7) is 0. The molecule has 2 rings (SSSR count). The fourth-order valence-corrected chi connectivity index (χ4v) is 1.99. The van der Waals surface area contributed by atoms with Crippen LogP contribution in [0, 0.1) is 0 Å². The molecule has 1 aromatic rings. The molecule has 1 aliphatic heterocycles. The van der Waals surface area contributed by atoms with Gasteiger partial charge in [-0.1, -0.05) is 0 Å². The third-order valence-corrected chi connectivity index (χ3v) is 3.07. The third kappa shape index (κ3) is 2.85. The lowest BCUT2D eigenvalue weighted by Crippen LogP contribution is -2.46. The number of rotatable bonds is 3. The van der Waals surface area contributed by atoms with Gasteiger partial charge in [0.25, 0.3) is 5.91 Å². The second-order valence-corrected chi connectivity index (χ2v) is 4.52. The second kappa shape index (κ2) is 5.26. The topological polar surface area (TPSA) is 142 Å². The molecule has 0 spiro atoms. The van der Waals surface area contributed by atoms with Crippen LogP contribution in [0.4, 0.5) is 13.2 Å². The summed E-state index contributed by atoms with van der Waals surface area (Å²) >= 11 is 0. The number of ether oxygens (including phenoxy) is 1. The molecule has 1 aliphatic rings. The summed E-state index contributed by atoms with van der Waals surface area (Å²) in [5, 5.41) is 28.4. The van der Waals surface area contributed by atoms with Crippen LogP contribution in [0.5, 0.6) is 0 Å². The minimum atomic E-state index is -5.03. The van der Waals surface area contributed by atoms with E-state index in [0.29, 0.717) is 0 Å². The maximum Gasteiger partial charge on any atom is 0.417 e. The Hall–Kier alpha value is -1.69. The van der Waals surface area contributed by atoms with Gasteiger partial charge in [0.2, 0.25) is 0 Å². The lowest BCUT2D eigenvalue weighted by Gasteiger charge is -2.22. The number of hydrogen-bond acceptors (Lipinski definition) is 6. The minimum absolute atomic E-state index is 0.188. The molecule has 1 saturated heterocycles. The minimum Gasteiger partial charge on any atom is -0.387 e. The number of imidazole rings is 1. The highest BCUT2D eigenvalue weighted by Gasteiger charge is 2.55. The van der Waals surface area contributed by atoms with Gasteiger partial charge in [-0.15, -0.1) is 0 Å². The number of H-pyrrole nitrogens is 1. The molecule has 1 fully saturated rings. The Kier molecular flexibility index (Phi) is 3.93. The lowest BCUT2D eigenvalue weighted by atomic mass is 10.0. The molecule has 6 N–H and O–H groups in total. The fraction of sp³-hybridized carbons (Fsp3) is 0.600. The average Bonchev–Trinajstić information content (AvgIpc) is 2.95. The molecule has 0 bridgehead atoms. The Bertz CT molecular complexity index is 534. The van der Waals surface area contributed by atoms with Crippen LogP contribution in [0.3, 0.4) is 0 Å². The van der Waals surface area contributed by atoms with Crippen LogP contribution in [0.2, 0.25) is 0 Å². The van der Waals surface area contributed by atoms with Crippen LogP contribution in [0.1, 0.15) is 22.4 Å². The van der Waals surface area contributed by atoms with Gasteiger partial charge in [0.1, 0.15) is 35.9 Å². The summed E-state index contributed by atoms with van der Waals surface area (Å²) in [4.78, 5) is 16.9. The first-order valence-corrected chi connectivity index (χ1v) is 5.74. The van der Waals surface area contributed by atoms with Gasteiger partial charge in [0.15, 0.2) is 6.10 Å². The zero-order valence-electron chi connectivity index (χ0n) is 10.3. The van der Waals surface area contributed by atoms with Gasteiger partial charge in [-0.2, -0.15) is 13.2 Å². The van der Waals surface area contributed by atoms with E-state index in [1.165, 1.54) is 0 Å². The van der Waals surface area contributed by atoms with Crippen LogP contribution >= 0.6 is 0 Å². The van der Waals surface area contributed by atoms with E-state index in [1.807, 2.05) is 0 Å². The maximum absolute atomic E-state index is 12.4. The van der Waals surface area contributed by atoms with E-state index in [2.05, 4.69) is 9.97 Å². The van der Waals surface area contributed by atoms with Crippen molar-refractivity contribution in [2.24, 2.45) is 5.73 Å². The number of aromatic nitrogens is 2. The molecule has 21 heavy (non-hydrogen) atoms. The number of aliphatic hydroxyl groups excluding tert-OH is 3. The van der Waals surface area contributed by atoms with Crippen LogP contribution in [-0.4, -0.2) is 61.8 Å². The number of nitrogens with two attached hydrogens (primary N) is 1. The SMILES string of the molecule is NC(=O)c1c[nH]c([C@@H]2O[C@H](C(O)C(F)(F)F)[C@@H](O)[C@H]2O)n1. The average molecular weight is 311 g/mol. The molecule has 0 radical (unpaired) electrons. The van der Waals surface area contributed by atoms with Crippen LogP contribution in [0.15, 0.2) is 6.20 Å². The van der Waals surface area contributed by atoms with Crippen molar-refractivity contribution in [3.63, 3.8) is 0 Å². The van der Waals surface area contributed by atoms with Crippen molar-refractivity contribution in [1.29, 1.82) is 0 Å². The van der Waals surface area contributed by atoms with Crippen molar-refractivity contribution in [2.75, 3.05) is 0 Å². The predicted octanol–water partition coefficient (Wildman–Crippen LogP) is -1.41. The number of amides is 1. The molecule has 0 aromatic carbocycles. The van der Waals surface area contributed by atoms with Gasteiger partial charge in [0.05, 0.1) is 0 Å². The van der Waals surface area contributed by atoms with Crippen molar-refractivity contribution >= 4 is 5.91 Å². The van der Waals surface area contributed by atoms with E-state index < -0.39 is 42.6 Å². The number of primary amides is 1. The van der Waals surface area contributed by atoms with Crippen LogP contribution in [-0.2, 0) is 4.74 Å². The molecule has 2 heterocycles. The van der Waals surface area contributed by atoms with E-state index in [1.54, 1.807) is 0 Å². The standard InChI is InChI=1S/C10H12F3N3O5/c11-10(12,13)7(19)5-3(17)4(18)6(21-5)9-15-1-2(16-9)8(14)20/h1,3-7,17-19H,(H2,14,20)(H,15,16)/t3-,4+,5-,6+,7?/m0/s1. The number of carbonyl (C=O) groups excluding carboxylic acids is 1. The van der Waals surface area contributed by atoms with E-state index >= 15 is 0 Å². The highest BCUT2D eigenvalue weighted by atomic mass is 19.4. The Balaban J connectivity index is 2.21. The van der Waals surface area contributed by atoms with Crippen LogP contribution < -0.4 is 5.73 Å². The Morgan fingerprint density at radius 2 is 2.05 bits per heavy atom. The number of alkyl halides is 3. The molecular formula is C10H12F3N3O5. The van der Waals surface area contributed by atoms with Gasteiger partial charge in [-0.3, -0.25) is 4.79 Å². The molecule has 1 aromatic heterocycles. The van der Waals surface area contributed by atoms with Crippen molar-refractivity contribution in [1.82, 2.24) is 9.97 Å². The third-order valence-electron chi connectivity index (χ3n) is 3.07. The number of aromatic amines is 1. The van der Waals surface area contributed by atoms with Gasteiger partial charge >= 0.3 is 6.18 Å². The number of nitrogens with zero attached hydrogens (tertiary/aromatic N) is 1. The number of halogens is 3. The second-order valence-electron chi connectivity index (χ2n) is 4.52. The zero-order valence-corrected chi connectivity index (χ0v) is 10.3. The number of carbonyl (C=O) groups is 1. The largest absolute Gasteiger partial charge is 0.417 e. The van der Waals surface area contributed by atoms with Crippen molar-refractivity contribution in [2.45, 2.75) is 36.7 Å². The monoisotopic (exact) mass is 311 g/mol. The van der Waals surface area contributed by atoms with Gasteiger partial charge in [0, 0.05) is 6.20 Å². The highest BCUT2D eigenvalue weighted by molar-refractivity contribution is 5.90. The molecule has 118 valence electrons. The number of hydrogen-bond donors (Lipinski definition) is 5. The van der Waals surface area contributed by atoms with Gasteiger partial charge in [-0.05, 0) is 0 Å². The summed E-state index contributed by atoms with van der Waals surface area (Å²) in [6, 6.07) is 0. The predicted molar refractivity (Wildman–Crippen MR) is 58.8 cm³/mol. The maximum atomic E-state index is 12.4.